The van der Waals surface area contributed by atoms with Gasteiger partial charge < -0.3 is 5.11 Å². The van der Waals surface area contributed by atoms with Crippen molar-refractivity contribution in [1.29, 1.82) is 0 Å². The second-order valence-corrected chi connectivity index (χ2v) is 9.17. The summed E-state index contributed by atoms with van der Waals surface area (Å²) in [6.07, 6.45) is 12.7. The average Bonchev–Trinajstić information content (AvgIpc) is 2.80. The molecule has 1 N–H and O–H groups in total. The molecule has 0 radical (unpaired) electrons. The van der Waals surface area contributed by atoms with Crippen LogP contribution in [0.2, 0.25) is 0 Å². The topological polar surface area (TPSA) is 37.3 Å². The van der Waals surface area contributed by atoms with E-state index in [0.717, 1.165) is 43.9 Å². The predicted molar refractivity (Wildman–Crippen MR) is 96.3 cm³/mol. The van der Waals surface area contributed by atoms with Gasteiger partial charge in [-0.1, -0.05) is 46.0 Å². The molecule has 2 heteroatoms. The summed E-state index contributed by atoms with van der Waals surface area (Å²) in [5.41, 5.74) is -0.277. The second-order valence-electron chi connectivity index (χ2n) is 9.17. The molecule has 23 heavy (non-hydrogen) atoms. The number of rotatable bonds is 8. The Morgan fingerprint density at radius 2 is 1.96 bits per heavy atom. The zero-order valence-corrected chi connectivity index (χ0v) is 15.9. The van der Waals surface area contributed by atoms with E-state index in [0.29, 0.717) is 11.7 Å². The van der Waals surface area contributed by atoms with Crippen LogP contribution in [0.15, 0.2) is 0 Å². The lowest BCUT2D eigenvalue weighted by Gasteiger charge is -2.43. The maximum absolute atomic E-state index is 12.4. The Bertz CT molecular complexity index is 395. The summed E-state index contributed by atoms with van der Waals surface area (Å²) in [5, 5.41) is 10.0. The van der Waals surface area contributed by atoms with Crippen molar-refractivity contribution in [2.75, 3.05) is 0 Å². The molecule has 0 spiro atoms. The number of Topliss-reactive ketones (excluding diaryl/α,β-unsaturated/α-hetero) is 1. The minimum atomic E-state index is -0.543. The summed E-state index contributed by atoms with van der Waals surface area (Å²) in [5.74, 6) is 2.37. The van der Waals surface area contributed by atoms with E-state index in [-0.39, 0.29) is 5.41 Å². The highest BCUT2D eigenvalue weighted by molar-refractivity contribution is 5.83. The van der Waals surface area contributed by atoms with E-state index in [1.54, 1.807) is 0 Å². The van der Waals surface area contributed by atoms with E-state index >= 15 is 0 Å². The lowest BCUT2D eigenvalue weighted by molar-refractivity contribution is -0.130. The van der Waals surface area contributed by atoms with Crippen molar-refractivity contribution >= 4 is 5.78 Å². The van der Waals surface area contributed by atoms with Crippen molar-refractivity contribution in [2.45, 2.75) is 104 Å². The quantitative estimate of drug-likeness (QED) is 0.639. The van der Waals surface area contributed by atoms with Gasteiger partial charge in [0.1, 0.15) is 5.78 Å². The van der Waals surface area contributed by atoms with Gasteiger partial charge in [0, 0.05) is 12.3 Å². The van der Waals surface area contributed by atoms with Crippen LogP contribution < -0.4 is 0 Å². The van der Waals surface area contributed by atoms with Gasteiger partial charge >= 0.3 is 0 Å². The van der Waals surface area contributed by atoms with Gasteiger partial charge in [0.15, 0.2) is 0 Å². The molecule has 0 aromatic rings. The Kier molecular flexibility index (Phi) is 6.33. The number of unbranched alkanes of at least 4 members (excludes halogenated alkanes) is 1. The molecule has 0 aliphatic heterocycles. The molecule has 0 aromatic carbocycles. The van der Waals surface area contributed by atoms with Gasteiger partial charge in [0.2, 0.25) is 0 Å². The first-order chi connectivity index (χ1) is 10.8. The molecule has 2 nitrogen and oxygen atoms in total. The Morgan fingerprint density at radius 1 is 1.26 bits per heavy atom. The van der Waals surface area contributed by atoms with Gasteiger partial charge in [0.05, 0.1) is 5.60 Å². The molecule has 0 heterocycles. The van der Waals surface area contributed by atoms with Crippen LogP contribution in [-0.2, 0) is 4.79 Å². The van der Waals surface area contributed by atoms with Gasteiger partial charge in [-0.25, -0.2) is 0 Å². The Balaban J connectivity index is 2.04. The van der Waals surface area contributed by atoms with Crippen LogP contribution >= 0.6 is 0 Å². The number of carbonyl (C=O) groups is 1. The van der Waals surface area contributed by atoms with Crippen LogP contribution in [0.1, 0.15) is 98.3 Å². The van der Waals surface area contributed by atoms with E-state index in [2.05, 4.69) is 13.8 Å². The molecule has 0 bridgehead atoms. The summed E-state index contributed by atoms with van der Waals surface area (Å²) < 4.78 is 0. The number of carbonyl (C=O) groups excluding carboxylic acids is 1. The van der Waals surface area contributed by atoms with Gasteiger partial charge in [-0.3, -0.25) is 4.79 Å². The minimum absolute atomic E-state index is 0.266. The van der Waals surface area contributed by atoms with E-state index in [9.17, 15) is 9.90 Å². The SMILES string of the molecule is CCCCC(CCCC(C)(C)O)[C@H]1CCC2C(=O)CCC[C@@]21C. The molecule has 4 atom stereocenters. The molecule has 2 unspecified atom stereocenters. The van der Waals surface area contributed by atoms with Gasteiger partial charge in [0.25, 0.3) is 0 Å². The van der Waals surface area contributed by atoms with Gasteiger partial charge in [-0.15, -0.1) is 0 Å². The van der Waals surface area contributed by atoms with Crippen LogP contribution in [0, 0.1) is 23.2 Å². The van der Waals surface area contributed by atoms with Crippen molar-refractivity contribution in [1.82, 2.24) is 0 Å². The summed E-state index contributed by atoms with van der Waals surface area (Å²) >= 11 is 0. The number of hydrogen-bond donors (Lipinski definition) is 1. The van der Waals surface area contributed by atoms with Crippen LogP contribution in [0.3, 0.4) is 0 Å². The molecule has 2 fully saturated rings. The first-order valence-electron chi connectivity index (χ1n) is 10.0. The molecule has 2 saturated carbocycles. The standard InChI is InChI=1S/C21H38O2/c1-5-6-9-16(10-7-14-20(2,3)23)17-12-13-18-19(22)11-8-15-21(17,18)4/h16-18,23H,5-15H2,1-4H3/t16?,17-,18?,21-/m1/s1. The Morgan fingerprint density at radius 3 is 2.61 bits per heavy atom. The maximum Gasteiger partial charge on any atom is 0.136 e. The molecule has 134 valence electrons. The van der Waals surface area contributed by atoms with Crippen LogP contribution in [-0.4, -0.2) is 16.5 Å². The number of hydrogen-bond acceptors (Lipinski definition) is 2. The van der Waals surface area contributed by atoms with Crippen molar-refractivity contribution in [3.8, 4) is 0 Å². The molecule has 2 aliphatic carbocycles. The van der Waals surface area contributed by atoms with E-state index in [1.165, 1.54) is 38.5 Å². The number of ketones is 1. The van der Waals surface area contributed by atoms with Gasteiger partial charge in [-0.05, 0) is 63.2 Å². The predicted octanol–water partition coefficient (Wildman–Crippen LogP) is 5.52. The zero-order valence-electron chi connectivity index (χ0n) is 15.9. The highest BCUT2D eigenvalue weighted by Gasteiger charge is 2.52. The maximum atomic E-state index is 12.4. The van der Waals surface area contributed by atoms with E-state index < -0.39 is 5.60 Å². The molecular formula is C21H38O2. The van der Waals surface area contributed by atoms with Crippen LogP contribution in [0.25, 0.3) is 0 Å². The van der Waals surface area contributed by atoms with Crippen molar-refractivity contribution in [3.05, 3.63) is 0 Å². The monoisotopic (exact) mass is 322 g/mol. The molecule has 0 aromatic heterocycles. The third kappa shape index (κ3) is 4.59. The normalized spacial score (nSPS) is 32.8. The first kappa shape index (κ1) is 19.0. The minimum Gasteiger partial charge on any atom is -0.390 e. The first-order valence-corrected chi connectivity index (χ1v) is 10.0. The lowest BCUT2D eigenvalue weighted by Crippen LogP contribution is -2.39. The average molecular weight is 323 g/mol. The lowest BCUT2D eigenvalue weighted by atomic mass is 9.61. The van der Waals surface area contributed by atoms with E-state index in [4.69, 9.17) is 0 Å². The Hall–Kier alpha value is -0.370. The number of aliphatic hydroxyl groups is 1. The fraction of sp³-hybridized carbons (Fsp3) is 0.952. The zero-order chi connectivity index (χ0) is 17.1. The highest BCUT2D eigenvalue weighted by atomic mass is 16.3. The summed E-state index contributed by atoms with van der Waals surface area (Å²) in [4.78, 5) is 12.4. The summed E-state index contributed by atoms with van der Waals surface area (Å²) in [7, 11) is 0. The smallest absolute Gasteiger partial charge is 0.136 e. The summed E-state index contributed by atoms with van der Waals surface area (Å²) in [6, 6.07) is 0. The third-order valence-corrected chi connectivity index (χ3v) is 6.80. The molecular weight excluding hydrogens is 284 g/mol. The highest BCUT2D eigenvalue weighted by Crippen LogP contribution is 2.57. The molecule has 2 rings (SSSR count). The Labute approximate surface area is 143 Å². The second kappa shape index (κ2) is 7.68. The molecule has 2 aliphatic rings. The van der Waals surface area contributed by atoms with E-state index in [1.807, 2.05) is 13.8 Å². The van der Waals surface area contributed by atoms with Crippen molar-refractivity contribution < 1.29 is 9.90 Å². The van der Waals surface area contributed by atoms with Gasteiger partial charge in [-0.2, -0.15) is 0 Å². The fourth-order valence-corrected chi connectivity index (χ4v) is 5.55. The third-order valence-electron chi connectivity index (χ3n) is 6.80. The largest absolute Gasteiger partial charge is 0.390 e. The van der Waals surface area contributed by atoms with Crippen LogP contribution in [0.4, 0.5) is 0 Å². The van der Waals surface area contributed by atoms with Crippen LogP contribution in [0.5, 0.6) is 0 Å². The fourth-order valence-electron chi connectivity index (χ4n) is 5.55. The molecule has 0 saturated heterocycles. The van der Waals surface area contributed by atoms with Crippen molar-refractivity contribution in [2.24, 2.45) is 23.2 Å². The summed E-state index contributed by atoms with van der Waals surface area (Å²) in [6.45, 7) is 8.53. The van der Waals surface area contributed by atoms with Crippen molar-refractivity contribution in [3.63, 3.8) is 0 Å². The number of fused-ring (bicyclic) bond motifs is 1. The molecule has 0 amide bonds.